The van der Waals surface area contributed by atoms with Crippen molar-refractivity contribution >= 4 is 10.0 Å². The molecule has 0 aliphatic heterocycles. The van der Waals surface area contributed by atoms with Crippen molar-refractivity contribution < 1.29 is 13.2 Å². The molecule has 1 N–H and O–H groups in total. The average molecular weight is 248 g/mol. The van der Waals surface area contributed by atoms with Crippen molar-refractivity contribution in [2.75, 3.05) is 19.8 Å². The van der Waals surface area contributed by atoms with Gasteiger partial charge in [-0.3, -0.25) is 0 Å². The molecule has 5 nitrogen and oxygen atoms in total. The van der Waals surface area contributed by atoms with Crippen LogP contribution in [0.5, 0.6) is 0 Å². The lowest BCUT2D eigenvalue weighted by molar-refractivity contribution is 0.128. The largest absolute Gasteiger partial charge is 0.380 e. The van der Waals surface area contributed by atoms with Gasteiger partial charge < -0.3 is 4.74 Å². The number of hydrogen-bond donors (Lipinski definition) is 1. The van der Waals surface area contributed by atoms with Gasteiger partial charge >= 0.3 is 0 Å². The van der Waals surface area contributed by atoms with E-state index in [4.69, 9.17) is 10.00 Å². The Hall–Kier alpha value is -0.640. The molecular formula is C10H20N2O3S. The van der Waals surface area contributed by atoms with Crippen LogP contribution < -0.4 is 4.72 Å². The molecule has 0 aliphatic carbocycles. The van der Waals surface area contributed by atoms with Crippen LogP contribution in [0.25, 0.3) is 0 Å². The van der Waals surface area contributed by atoms with E-state index < -0.39 is 15.3 Å². The lowest BCUT2D eigenvalue weighted by atomic mass is 10.1. The number of sulfonamides is 1. The van der Waals surface area contributed by atoms with Crippen molar-refractivity contribution in [3.05, 3.63) is 0 Å². The van der Waals surface area contributed by atoms with Gasteiger partial charge in [-0.15, -0.1) is 0 Å². The lowest BCUT2D eigenvalue weighted by Crippen LogP contribution is -2.34. The fourth-order valence-electron chi connectivity index (χ4n) is 0.872. The van der Waals surface area contributed by atoms with Gasteiger partial charge in [0, 0.05) is 13.2 Å². The number of nitriles is 1. The van der Waals surface area contributed by atoms with Crippen molar-refractivity contribution in [3.8, 4) is 6.07 Å². The first kappa shape index (κ1) is 15.4. The van der Waals surface area contributed by atoms with E-state index in [0.29, 0.717) is 19.1 Å². The second kappa shape index (κ2) is 7.60. The van der Waals surface area contributed by atoms with Crippen molar-refractivity contribution in [2.45, 2.75) is 32.4 Å². The first-order valence-corrected chi connectivity index (χ1v) is 6.90. The van der Waals surface area contributed by atoms with E-state index in [2.05, 4.69) is 18.6 Å². The number of hydrogen-bond acceptors (Lipinski definition) is 4. The zero-order valence-corrected chi connectivity index (χ0v) is 10.9. The third kappa shape index (κ3) is 6.77. The number of nitrogens with one attached hydrogen (secondary N) is 1. The van der Waals surface area contributed by atoms with Crippen LogP contribution in [0.3, 0.4) is 0 Å². The van der Waals surface area contributed by atoms with Crippen LogP contribution in [0, 0.1) is 17.2 Å². The standard InChI is InChI=1S/C10H20N2O3S/c1-9(2)4-6-15-7-5-12-16(13,14)10(3)8-11/h9-10,12H,4-7H2,1-3H3. The fraction of sp³-hybridized carbons (Fsp3) is 0.900. The summed E-state index contributed by atoms with van der Waals surface area (Å²) >= 11 is 0. The second-order valence-corrected chi connectivity index (χ2v) is 6.09. The molecule has 0 saturated carbocycles. The summed E-state index contributed by atoms with van der Waals surface area (Å²) in [6.07, 6.45) is 0.960. The molecule has 1 atom stereocenters. The van der Waals surface area contributed by atoms with Gasteiger partial charge in [-0.2, -0.15) is 5.26 Å². The monoisotopic (exact) mass is 248 g/mol. The number of ether oxygens (including phenoxy) is 1. The Labute approximate surface area is 97.8 Å². The topological polar surface area (TPSA) is 79.2 Å². The van der Waals surface area contributed by atoms with E-state index in [0.717, 1.165) is 6.42 Å². The summed E-state index contributed by atoms with van der Waals surface area (Å²) in [5.74, 6) is 0.579. The maximum atomic E-state index is 11.3. The molecule has 94 valence electrons. The molecule has 1 unspecified atom stereocenters. The minimum absolute atomic E-state index is 0.215. The molecule has 16 heavy (non-hydrogen) atoms. The first-order valence-electron chi connectivity index (χ1n) is 5.36. The maximum Gasteiger partial charge on any atom is 0.227 e. The molecule has 0 aromatic rings. The maximum absolute atomic E-state index is 11.3. The molecule has 0 amide bonds. The van der Waals surface area contributed by atoms with Gasteiger partial charge in [0.1, 0.15) is 0 Å². The second-order valence-electron chi connectivity index (χ2n) is 4.01. The van der Waals surface area contributed by atoms with Gasteiger partial charge in [0.15, 0.2) is 5.25 Å². The van der Waals surface area contributed by atoms with E-state index >= 15 is 0 Å². The summed E-state index contributed by atoms with van der Waals surface area (Å²) in [4.78, 5) is 0. The average Bonchev–Trinajstić information content (AvgIpc) is 2.21. The molecular weight excluding hydrogens is 228 g/mol. The van der Waals surface area contributed by atoms with Crippen molar-refractivity contribution in [1.29, 1.82) is 5.26 Å². The smallest absolute Gasteiger partial charge is 0.227 e. The molecule has 0 aromatic heterocycles. The highest BCUT2D eigenvalue weighted by atomic mass is 32.2. The predicted molar refractivity (Wildman–Crippen MR) is 62.3 cm³/mol. The third-order valence-corrected chi connectivity index (χ3v) is 3.68. The summed E-state index contributed by atoms with van der Waals surface area (Å²) in [5, 5.41) is 7.45. The highest BCUT2D eigenvalue weighted by Crippen LogP contribution is 1.99. The van der Waals surface area contributed by atoms with E-state index in [1.54, 1.807) is 6.07 Å². The lowest BCUT2D eigenvalue weighted by Gasteiger charge is -2.09. The summed E-state index contributed by atoms with van der Waals surface area (Å²) in [6.45, 7) is 6.73. The van der Waals surface area contributed by atoms with E-state index in [1.165, 1.54) is 6.92 Å². The Kier molecular flexibility index (Phi) is 7.30. The fourth-order valence-corrected chi connectivity index (χ4v) is 1.63. The SMILES string of the molecule is CC(C)CCOCCNS(=O)(=O)C(C)C#N. The van der Waals surface area contributed by atoms with Gasteiger partial charge in [-0.05, 0) is 19.3 Å². The normalized spacial score (nSPS) is 13.7. The first-order chi connectivity index (χ1) is 7.40. The van der Waals surface area contributed by atoms with Crippen molar-refractivity contribution in [1.82, 2.24) is 4.72 Å². The molecule has 0 fully saturated rings. The highest BCUT2D eigenvalue weighted by molar-refractivity contribution is 7.90. The van der Waals surface area contributed by atoms with Crippen LogP contribution in [0.15, 0.2) is 0 Å². The molecule has 0 rings (SSSR count). The summed E-state index contributed by atoms with van der Waals surface area (Å²) < 4.78 is 30.2. The molecule has 0 aromatic carbocycles. The van der Waals surface area contributed by atoms with E-state index in [9.17, 15) is 8.42 Å². The van der Waals surface area contributed by atoms with E-state index in [1.807, 2.05) is 0 Å². The minimum atomic E-state index is -3.50. The van der Waals surface area contributed by atoms with Gasteiger partial charge in [0.25, 0.3) is 0 Å². The van der Waals surface area contributed by atoms with Crippen LogP contribution >= 0.6 is 0 Å². The van der Waals surface area contributed by atoms with E-state index in [-0.39, 0.29) is 6.54 Å². The predicted octanol–water partition coefficient (Wildman–Crippen LogP) is 0.881. The van der Waals surface area contributed by atoms with Gasteiger partial charge in [0.2, 0.25) is 10.0 Å². The number of rotatable bonds is 8. The van der Waals surface area contributed by atoms with Crippen molar-refractivity contribution in [3.63, 3.8) is 0 Å². The summed E-state index contributed by atoms with van der Waals surface area (Å²) in [6, 6.07) is 1.68. The summed E-state index contributed by atoms with van der Waals surface area (Å²) in [5.41, 5.74) is 0. The van der Waals surface area contributed by atoms with Gasteiger partial charge in [-0.1, -0.05) is 13.8 Å². The molecule has 0 spiro atoms. The molecule has 0 aliphatic rings. The molecule has 0 heterocycles. The van der Waals surface area contributed by atoms with Crippen molar-refractivity contribution in [2.24, 2.45) is 5.92 Å². The van der Waals surface area contributed by atoms with Crippen LogP contribution in [-0.2, 0) is 14.8 Å². The Morgan fingerprint density at radius 3 is 2.44 bits per heavy atom. The van der Waals surface area contributed by atoms with Crippen LogP contribution in [0.1, 0.15) is 27.2 Å². The zero-order valence-electron chi connectivity index (χ0n) is 10.1. The number of nitrogens with zero attached hydrogens (tertiary/aromatic N) is 1. The Bertz CT molecular complexity index is 319. The molecule has 0 bridgehead atoms. The van der Waals surface area contributed by atoms with Gasteiger partial charge in [-0.25, -0.2) is 13.1 Å². The quantitative estimate of drug-likeness (QED) is 0.647. The van der Waals surface area contributed by atoms with Crippen LogP contribution in [0.2, 0.25) is 0 Å². The third-order valence-electron chi connectivity index (χ3n) is 2.04. The molecule has 0 radical (unpaired) electrons. The molecule has 6 heteroatoms. The van der Waals surface area contributed by atoms with Crippen LogP contribution in [-0.4, -0.2) is 33.4 Å². The molecule has 0 saturated heterocycles. The highest BCUT2D eigenvalue weighted by Gasteiger charge is 2.18. The Morgan fingerprint density at radius 1 is 1.31 bits per heavy atom. The zero-order chi connectivity index (χ0) is 12.6. The van der Waals surface area contributed by atoms with Gasteiger partial charge in [0.05, 0.1) is 12.7 Å². The summed E-state index contributed by atoms with van der Waals surface area (Å²) in [7, 11) is -3.50. The minimum Gasteiger partial charge on any atom is -0.380 e. The Morgan fingerprint density at radius 2 is 1.94 bits per heavy atom. The Balaban J connectivity index is 3.64. The van der Waals surface area contributed by atoms with Crippen LogP contribution in [0.4, 0.5) is 0 Å².